The first kappa shape index (κ1) is 8.94. The summed E-state index contributed by atoms with van der Waals surface area (Å²) in [5, 5.41) is 2.73. The van der Waals surface area contributed by atoms with Crippen molar-refractivity contribution in [3.8, 4) is 0 Å². The highest BCUT2D eigenvalue weighted by molar-refractivity contribution is 5.32. The van der Waals surface area contributed by atoms with Gasteiger partial charge in [0.25, 0.3) is 0 Å². The number of hydrogen-bond acceptors (Lipinski definition) is 1. The topological polar surface area (TPSA) is 12.0 Å². The van der Waals surface area contributed by atoms with E-state index in [0.717, 1.165) is 6.08 Å². The molecule has 0 aromatic rings. The van der Waals surface area contributed by atoms with Crippen LogP contribution in [-0.2, 0) is 0 Å². The minimum Gasteiger partial charge on any atom is -0.356 e. The van der Waals surface area contributed by atoms with Crippen molar-refractivity contribution in [1.82, 2.24) is 5.32 Å². The first-order chi connectivity index (χ1) is 5.39. The normalized spacial score (nSPS) is 17.6. The van der Waals surface area contributed by atoms with Crippen molar-refractivity contribution in [2.45, 2.75) is 20.0 Å². The van der Waals surface area contributed by atoms with E-state index in [4.69, 9.17) is 0 Å². The molecule has 0 aliphatic carbocycles. The van der Waals surface area contributed by atoms with Gasteiger partial charge in [-0.3, -0.25) is 0 Å². The summed E-state index contributed by atoms with van der Waals surface area (Å²) >= 11 is 0. The van der Waals surface area contributed by atoms with Crippen molar-refractivity contribution < 1.29 is 13.2 Å². The van der Waals surface area contributed by atoms with E-state index < -0.39 is 11.7 Å². The molecule has 0 atom stereocenters. The highest BCUT2D eigenvalue weighted by atomic mass is 19.4. The number of alkyl halides is 3. The number of nitrogens with one attached hydrogen (secondary N) is 1. The molecule has 4 heteroatoms. The summed E-state index contributed by atoms with van der Waals surface area (Å²) in [6.45, 7) is 3.12. The highest BCUT2D eigenvalue weighted by Crippen LogP contribution is 2.27. The SMILES string of the molecule is CC1=C=C(C(F)(F)F)C=C(C)N1. The number of hydrogen-bond donors (Lipinski definition) is 1. The van der Waals surface area contributed by atoms with Gasteiger partial charge in [0.2, 0.25) is 0 Å². The Labute approximate surface area is 68.3 Å². The second-order valence-corrected chi connectivity index (χ2v) is 2.61. The van der Waals surface area contributed by atoms with Crippen LogP contribution in [0.3, 0.4) is 0 Å². The number of rotatable bonds is 0. The van der Waals surface area contributed by atoms with Crippen molar-refractivity contribution in [2.75, 3.05) is 0 Å². The monoisotopic (exact) mass is 175 g/mol. The van der Waals surface area contributed by atoms with Crippen LogP contribution in [0.4, 0.5) is 13.2 Å². The van der Waals surface area contributed by atoms with E-state index in [2.05, 4.69) is 11.0 Å². The maximum atomic E-state index is 12.1. The van der Waals surface area contributed by atoms with E-state index in [1.165, 1.54) is 0 Å². The van der Waals surface area contributed by atoms with E-state index in [-0.39, 0.29) is 0 Å². The largest absolute Gasteiger partial charge is 0.423 e. The molecule has 0 radical (unpaired) electrons. The van der Waals surface area contributed by atoms with Crippen LogP contribution in [0.25, 0.3) is 0 Å². The third kappa shape index (κ3) is 1.92. The molecule has 0 saturated carbocycles. The molecule has 12 heavy (non-hydrogen) atoms. The van der Waals surface area contributed by atoms with E-state index in [1.807, 2.05) is 0 Å². The Morgan fingerprint density at radius 3 is 2.33 bits per heavy atom. The zero-order chi connectivity index (χ0) is 9.35. The minimum absolute atomic E-state index is 0.391. The Morgan fingerprint density at radius 1 is 1.33 bits per heavy atom. The maximum Gasteiger partial charge on any atom is 0.423 e. The van der Waals surface area contributed by atoms with Gasteiger partial charge in [0.1, 0.15) is 5.57 Å². The van der Waals surface area contributed by atoms with Gasteiger partial charge in [-0.15, -0.1) is 0 Å². The van der Waals surface area contributed by atoms with Crippen molar-refractivity contribution >= 4 is 0 Å². The Bertz CT molecular complexity index is 290. The van der Waals surface area contributed by atoms with Crippen molar-refractivity contribution in [3.63, 3.8) is 0 Å². The fourth-order valence-corrected chi connectivity index (χ4v) is 0.970. The summed E-state index contributed by atoms with van der Waals surface area (Å²) in [7, 11) is 0. The van der Waals surface area contributed by atoms with Crippen molar-refractivity contribution in [2.24, 2.45) is 0 Å². The Morgan fingerprint density at radius 2 is 1.92 bits per heavy atom. The molecule has 1 aliphatic heterocycles. The molecule has 0 bridgehead atoms. The van der Waals surface area contributed by atoms with E-state index in [0.29, 0.717) is 11.4 Å². The van der Waals surface area contributed by atoms with E-state index >= 15 is 0 Å². The number of allylic oxidation sites excluding steroid dienone is 3. The lowest BCUT2D eigenvalue weighted by atomic mass is 10.2. The smallest absolute Gasteiger partial charge is 0.356 e. The van der Waals surface area contributed by atoms with Gasteiger partial charge in [0, 0.05) is 5.70 Å². The molecule has 1 rings (SSSR count). The lowest BCUT2D eigenvalue weighted by Gasteiger charge is -2.13. The third-order valence-electron chi connectivity index (χ3n) is 1.37. The molecule has 0 aromatic heterocycles. The fourth-order valence-electron chi connectivity index (χ4n) is 0.970. The van der Waals surface area contributed by atoms with Gasteiger partial charge in [-0.1, -0.05) is 5.73 Å². The Kier molecular flexibility index (Phi) is 2.02. The maximum absolute atomic E-state index is 12.1. The molecule has 1 nitrogen and oxygen atoms in total. The summed E-state index contributed by atoms with van der Waals surface area (Å²) in [4.78, 5) is 0. The molecule has 0 aromatic carbocycles. The predicted molar refractivity (Wildman–Crippen MR) is 39.2 cm³/mol. The molecular weight excluding hydrogens is 167 g/mol. The van der Waals surface area contributed by atoms with Gasteiger partial charge in [-0.25, -0.2) is 0 Å². The fraction of sp³-hybridized carbons (Fsp3) is 0.375. The lowest BCUT2D eigenvalue weighted by molar-refractivity contribution is -0.0882. The summed E-state index contributed by atoms with van der Waals surface area (Å²) in [6, 6.07) is 0. The molecule has 1 aliphatic rings. The highest BCUT2D eigenvalue weighted by Gasteiger charge is 2.33. The van der Waals surface area contributed by atoms with Crippen LogP contribution in [0, 0.1) is 0 Å². The van der Waals surface area contributed by atoms with Crippen LogP contribution in [0.15, 0.2) is 28.8 Å². The molecule has 0 fully saturated rings. The molecule has 66 valence electrons. The summed E-state index contributed by atoms with van der Waals surface area (Å²) in [6.07, 6.45) is -3.27. The van der Waals surface area contributed by atoms with E-state index in [1.54, 1.807) is 13.8 Å². The molecule has 1 N–H and O–H groups in total. The van der Waals surface area contributed by atoms with Gasteiger partial charge in [0.05, 0.1) is 5.70 Å². The first-order valence-electron chi connectivity index (χ1n) is 3.39. The summed E-state index contributed by atoms with van der Waals surface area (Å²) in [5.74, 6) is 0. The lowest BCUT2D eigenvalue weighted by Crippen LogP contribution is -2.17. The first-order valence-corrected chi connectivity index (χ1v) is 3.39. The van der Waals surface area contributed by atoms with Gasteiger partial charge in [-0.05, 0) is 19.9 Å². The van der Waals surface area contributed by atoms with Crippen molar-refractivity contribution in [3.05, 3.63) is 28.8 Å². The van der Waals surface area contributed by atoms with E-state index in [9.17, 15) is 13.2 Å². The molecule has 1 heterocycles. The predicted octanol–water partition coefficient (Wildman–Crippen LogP) is 2.48. The van der Waals surface area contributed by atoms with Crippen LogP contribution in [0.5, 0.6) is 0 Å². The number of halogens is 3. The second kappa shape index (κ2) is 2.72. The molecule has 0 amide bonds. The quantitative estimate of drug-likeness (QED) is 0.558. The molecule has 0 saturated heterocycles. The van der Waals surface area contributed by atoms with Gasteiger partial charge in [-0.2, -0.15) is 13.2 Å². The zero-order valence-corrected chi connectivity index (χ0v) is 6.71. The Balaban J connectivity index is 3.12. The van der Waals surface area contributed by atoms with Gasteiger partial charge in [0.15, 0.2) is 0 Å². The summed E-state index contributed by atoms with van der Waals surface area (Å²) in [5.41, 5.74) is 2.36. The van der Waals surface area contributed by atoms with Crippen molar-refractivity contribution in [1.29, 1.82) is 0 Å². The van der Waals surface area contributed by atoms with Crippen LogP contribution in [0.1, 0.15) is 13.8 Å². The molecule has 0 unspecified atom stereocenters. The molecule has 0 spiro atoms. The minimum atomic E-state index is -4.30. The van der Waals surface area contributed by atoms with Gasteiger partial charge >= 0.3 is 6.18 Å². The third-order valence-corrected chi connectivity index (χ3v) is 1.37. The second-order valence-electron chi connectivity index (χ2n) is 2.61. The summed E-state index contributed by atoms with van der Waals surface area (Å²) < 4.78 is 36.3. The van der Waals surface area contributed by atoms with Gasteiger partial charge < -0.3 is 5.32 Å². The standard InChI is InChI=1S/C8H8F3N/c1-5-3-7(8(9,10)11)4-6(2)12-5/h3,12H,1-2H3. The van der Waals surface area contributed by atoms with Crippen LogP contribution in [-0.4, -0.2) is 6.18 Å². The zero-order valence-electron chi connectivity index (χ0n) is 6.71. The Hall–Kier alpha value is -1.15. The van der Waals surface area contributed by atoms with Crippen LogP contribution >= 0.6 is 0 Å². The average Bonchev–Trinajstić information content (AvgIpc) is 1.82. The molecular formula is C8H8F3N. The van der Waals surface area contributed by atoms with Crippen LogP contribution in [0.2, 0.25) is 0 Å². The van der Waals surface area contributed by atoms with Crippen LogP contribution < -0.4 is 5.32 Å². The average molecular weight is 175 g/mol.